The lowest BCUT2D eigenvalue weighted by atomic mass is 9.84. The number of piperidine rings is 3. The summed E-state index contributed by atoms with van der Waals surface area (Å²) < 4.78 is 55.0. The van der Waals surface area contributed by atoms with Crippen molar-refractivity contribution in [2.24, 2.45) is 31.8 Å². The standard InChI is InChI=1S/C45H50ClF3N10O4/c1-24-21-58(18-15-27(24)22-57-16-13-25(14-17-57)29-10-11-30-38(36(29)47)56(3)54-42(30)59-34(60)5-4-6-35(59)61)44-50-20-32(46)41(53-44)51-28-9-12-33-31(19-28)37-39(43(62)55(33)2)63-23-45(48,49)40(52-37)26-7-8-26/h9-12,19-20,24-27,40,52H,4-8,13-18,21-23H2,1-3H3,(H,50,51,53)/t24-,27-,40+/m1/s1. The molecule has 14 nitrogen and oxygen atoms in total. The van der Waals surface area contributed by atoms with Crippen LogP contribution >= 0.6 is 11.6 Å². The van der Waals surface area contributed by atoms with E-state index >= 15 is 13.2 Å². The number of nitrogens with one attached hydrogen (secondary N) is 2. The van der Waals surface area contributed by atoms with Crippen molar-refractivity contribution in [3.05, 3.63) is 63.3 Å². The van der Waals surface area contributed by atoms with E-state index in [1.165, 1.54) is 9.25 Å². The van der Waals surface area contributed by atoms with Gasteiger partial charge in [0.15, 0.2) is 24.1 Å². The van der Waals surface area contributed by atoms with E-state index in [1.807, 2.05) is 6.07 Å². The van der Waals surface area contributed by atoms with Crippen molar-refractivity contribution >= 4 is 74.2 Å². The second kappa shape index (κ2) is 16.0. The number of fused-ring (bicyclic) bond motifs is 4. The van der Waals surface area contributed by atoms with Crippen LogP contribution in [0.15, 0.2) is 41.3 Å². The average Bonchev–Trinajstić information content (AvgIpc) is 4.06. The van der Waals surface area contributed by atoms with Crippen LogP contribution in [0, 0.1) is 23.6 Å². The minimum atomic E-state index is -3.14. The summed E-state index contributed by atoms with van der Waals surface area (Å²) in [5.41, 5.74) is 1.90. The van der Waals surface area contributed by atoms with Crippen LogP contribution in [-0.4, -0.2) is 92.3 Å². The summed E-state index contributed by atoms with van der Waals surface area (Å²) in [5.74, 6) is -2.41. The molecule has 7 heterocycles. The largest absolute Gasteiger partial charge is 0.480 e. The zero-order chi connectivity index (χ0) is 43.9. The average molecular weight is 887 g/mol. The number of halogens is 4. The van der Waals surface area contributed by atoms with E-state index in [9.17, 15) is 14.4 Å². The summed E-state index contributed by atoms with van der Waals surface area (Å²) in [4.78, 5) is 53.8. The Morgan fingerprint density at radius 3 is 2.48 bits per heavy atom. The number of amides is 2. The number of imide groups is 1. The highest BCUT2D eigenvalue weighted by Gasteiger charge is 2.51. The van der Waals surface area contributed by atoms with Gasteiger partial charge in [-0.1, -0.05) is 24.6 Å². The van der Waals surface area contributed by atoms with Crippen molar-refractivity contribution < 1.29 is 27.5 Å². The van der Waals surface area contributed by atoms with Crippen molar-refractivity contribution in [2.45, 2.75) is 76.2 Å². The second-order valence-electron chi connectivity index (χ2n) is 18.1. The first-order valence-electron chi connectivity index (χ1n) is 22.0. The molecule has 18 heteroatoms. The van der Waals surface area contributed by atoms with Gasteiger partial charge in [-0.3, -0.25) is 19.1 Å². The number of hydrogen-bond acceptors (Lipinski definition) is 11. The number of benzene rings is 2. The maximum Gasteiger partial charge on any atom is 0.301 e. The third kappa shape index (κ3) is 7.53. The van der Waals surface area contributed by atoms with Gasteiger partial charge in [-0.05, 0) is 105 Å². The van der Waals surface area contributed by atoms with Crippen LogP contribution < -0.4 is 30.7 Å². The van der Waals surface area contributed by atoms with E-state index in [-0.39, 0.29) is 59.6 Å². The van der Waals surface area contributed by atoms with Crippen molar-refractivity contribution in [1.29, 1.82) is 0 Å². The number of carbonyl (C=O) groups excluding carboxylic acids is 2. The molecule has 0 bridgehead atoms. The number of nitrogens with zero attached hydrogens (tertiary/aromatic N) is 8. The molecule has 10 rings (SSSR count). The predicted octanol–water partition coefficient (Wildman–Crippen LogP) is 7.36. The molecule has 4 fully saturated rings. The van der Waals surface area contributed by atoms with Gasteiger partial charge < -0.3 is 29.7 Å². The number of ether oxygens (including phenoxy) is 1. The third-order valence-corrected chi connectivity index (χ3v) is 14.2. The Labute approximate surface area is 366 Å². The molecule has 2 N–H and O–H groups in total. The van der Waals surface area contributed by atoms with Crippen LogP contribution in [0.2, 0.25) is 5.02 Å². The minimum Gasteiger partial charge on any atom is -0.480 e. The quantitative estimate of drug-likeness (QED) is 0.151. The molecule has 1 aliphatic carbocycles. The Kier molecular flexibility index (Phi) is 10.5. The van der Waals surface area contributed by atoms with E-state index in [2.05, 4.69) is 37.4 Å². The number of alkyl halides is 2. The molecule has 3 atom stereocenters. The van der Waals surface area contributed by atoms with Crippen LogP contribution in [0.4, 0.5) is 42.1 Å². The van der Waals surface area contributed by atoms with Crippen molar-refractivity contribution in [3.63, 3.8) is 0 Å². The first-order chi connectivity index (χ1) is 30.3. The van der Waals surface area contributed by atoms with Crippen LogP contribution in [0.3, 0.4) is 0 Å². The lowest BCUT2D eigenvalue weighted by Crippen LogP contribution is -2.45. The summed E-state index contributed by atoms with van der Waals surface area (Å²) >= 11 is 6.65. The number of anilines is 5. The fourth-order valence-corrected chi connectivity index (χ4v) is 10.4. The van der Waals surface area contributed by atoms with Gasteiger partial charge in [-0.2, -0.15) is 10.1 Å². The normalized spacial score (nSPS) is 23.4. The minimum absolute atomic E-state index is 0.0444. The molecule has 0 unspecified atom stereocenters. The fraction of sp³-hybridized carbons (Fsp3) is 0.511. The summed E-state index contributed by atoms with van der Waals surface area (Å²) in [6, 6.07) is 7.83. The number of likely N-dealkylation sites (tertiary alicyclic amines) is 1. The number of hydrogen-bond donors (Lipinski definition) is 2. The molecular weight excluding hydrogens is 837 g/mol. The molecule has 3 saturated heterocycles. The topological polar surface area (TPSA) is 143 Å². The Morgan fingerprint density at radius 2 is 1.75 bits per heavy atom. The third-order valence-electron chi connectivity index (χ3n) is 13.9. The van der Waals surface area contributed by atoms with Crippen molar-refractivity contribution in [3.8, 4) is 5.75 Å². The molecule has 5 aromatic rings. The molecular formula is C45H50ClF3N10O4. The second-order valence-corrected chi connectivity index (χ2v) is 18.5. The van der Waals surface area contributed by atoms with Gasteiger partial charge in [-0.15, -0.1) is 0 Å². The van der Waals surface area contributed by atoms with Crippen LogP contribution in [-0.2, 0) is 23.7 Å². The maximum atomic E-state index is 16.2. The van der Waals surface area contributed by atoms with Crippen LogP contribution in [0.1, 0.15) is 69.8 Å². The Hall–Kier alpha value is -5.42. The van der Waals surface area contributed by atoms with Gasteiger partial charge in [0, 0.05) is 63.0 Å². The SMILES string of the molecule is C[C@@H]1CN(c2ncc(Cl)c(Nc3ccc4c(c3)c3c(c(=O)n4C)OCC(F)(F)[C@H](C4CC4)N3)n2)CC[C@@H]1CN1CCC(c2ccc3c(N4C(=O)CCCC4=O)nn(C)c3c2F)CC1. The highest BCUT2D eigenvalue weighted by Crippen LogP contribution is 2.46. The van der Waals surface area contributed by atoms with Gasteiger partial charge in [0.05, 0.1) is 23.4 Å². The fourth-order valence-electron chi connectivity index (χ4n) is 10.2. The Morgan fingerprint density at radius 1 is 0.984 bits per heavy atom. The lowest BCUT2D eigenvalue weighted by molar-refractivity contribution is -0.129. The van der Waals surface area contributed by atoms with E-state index in [0.717, 1.165) is 56.9 Å². The Balaban J connectivity index is 0.787. The molecule has 2 aromatic carbocycles. The first kappa shape index (κ1) is 41.6. The number of pyridine rings is 1. The van der Waals surface area contributed by atoms with E-state index in [4.69, 9.17) is 21.3 Å². The van der Waals surface area contributed by atoms with Gasteiger partial charge >= 0.3 is 5.92 Å². The van der Waals surface area contributed by atoms with Gasteiger partial charge in [0.2, 0.25) is 23.5 Å². The lowest BCUT2D eigenvalue weighted by Gasteiger charge is -2.41. The number of rotatable bonds is 8. The zero-order valence-corrected chi connectivity index (χ0v) is 36.2. The van der Waals surface area contributed by atoms with E-state index in [0.29, 0.717) is 80.9 Å². The first-order valence-corrected chi connectivity index (χ1v) is 22.3. The number of carbonyl (C=O) groups is 2. The highest BCUT2D eigenvalue weighted by atomic mass is 35.5. The number of aryl methyl sites for hydroxylation is 2. The van der Waals surface area contributed by atoms with Crippen molar-refractivity contribution in [1.82, 2.24) is 29.2 Å². The molecule has 0 radical (unpaired) electrons. The maximum absolute atomic E-state index is 16.2. The monoisotopic (exact) mass is 886 g/mol. The molecule has 5 aliphatic rings. The molecule has 0 spiro atoms. The van der Waals surface area contributed by atoms with Gasteiger partial charge in [0.1, 0.15) is 10.5 Å². The number of aromatic nitrogens is 5. The Bertz CT molecular complexity index is 2700. The zero-order valence-electron chi connectivity index (χ0n) is 35.5. The van der Waals surface area contributed by atoms with Gasteiger partial charge in [0.25, 0.3) is 5.56 Å². The molecule has 332 valence electrons. The van der Waals surface area contributed by atoms with E-state index in [1.54, 1.807) is 44.6 Å². The molecule has 1 saturated carbocycles. The molecule has 2 amide bonds. The summed E-state index contributed by atoms with van der Waals surface area (Å²) in [7, 11) is 3.25. The van der Waals surface area contributed by atoms with E-state index < -0.39 is 24.1 Å². The highest BCUT2D eigenvalue weighted by molar-refractivity contribution is 6.33. The van der Waals surface area contributed by atoms with Crippen LogP contribution in [0.5, 0.6) is 5.75 Å². The molecule has 4 aliphatic heterocycles. The van der Waals surface area contributed by atoms with Gasteiger partial charge in [-0.25, -0.2) is 23.1 Å². The van der Waals surface area contributed by atoms with Crippen molar-refractivity contribution in [2.75, 3.05) is 59.8 Å². The summed E-state index contributed by atoms with van der Waals surface area (Å²) in [5, 5.41) is 12.1. The smallest absolute Gasteiger partial charge is 0.301 e. The van der Waals surface area contributed by atoms with Crippen LogP contribution in [0.25, 0.3) is 21.8 Å². The molecule has 63 heavy (non-hydrogen) atoms. The molecule has 3 aromatic heterocycles. The summed E-state index contributed by atoms with van der Waals surface area (Å²) in [6.07, 6.45) is 6.59. The summed E-state index contributed by atoms with van der Waals surface area (Å²) in [6.45, 7) is 5.54. The predicted molar refractivity (Wildman–Crippen MR) is 235 cm³/mol.